The molecule has 0 bridgehead atoms. The Kier molecular flexibility index (Phi) is 9.18. The van der Waals surface area contributed by atoms with Crippen LogP contribution in [0.4, 0.5) is 10.1 Å². The topological polar surface area (TPSA) is 190 Å². The number of anilines is 1. The van der Waals surface area contributed by atoms with E-state index in [2.05, 4.69) is 11.6 Å². The maximum absolute atomic E-state index is 14.1. The van der Waals surface area contributed by atoms with E-state index in [1.807, 2.05) is 0 Å². The summed E-state index contributed by atoms with van der Waals surface area (Å²) < 4.78 is 20.2. The number of nitrogens with two attached hydrogens (primary N) is 4. The van der Waals surface area contributed by atoms with Crippen molar-refractivity contribution in [3.63, 3.8) is 0 Å². The van der Waals surface area contributed by atoms with Crippen LogP contribution in [0.15, 0.2) is 95.4 Å². The van der Waals surface area contributed by atoms with Gasteiger partial charge in [-0.3, -0.25) is 15.2 Å². The summed E-state index contributed by atoms with van der Waals surface area (Å²) in [5.74, 6) is -0.900. The van der Waals surface area contributed by atoms with E-state index in [9.17, 15) is 9.18 Å². The first-order valence-electron chi connectivity index (χ1n) is 12.3. The van der Waals surface area contributed by atoms with Gasteiger partial charge in [-0.2, -0.15) is 0 Å². The summed E-state index contributed by atoms with van der Waals surface area (Å²) in [6.45, 7) is 6.87. The summed E-state index contributed by atoms with van der Waals surface area (Å²) in [6, 6.07) is 9.60. The molecular formula is C30H32FN7O2. The van der Waals surface area contributed by atoms with Crippen molar-refractivity contribution in [2.75, 3.05) is 5.73 Å². The highest BCUT2D eigenvalue weighted by atomic mass is 19.1. The van der Waals surface area contributed by atoms with Crippen LogP contribution < -0.4 is 22.9 Å². The quantitative estimate of drug-likeness (QED) is 0.119. The van der Waals surface area contributed by atoms with Crippen molar-refractivity contribution in [1.82, 2.24) is 0 Å². The van der Waals surface area contributed by atoms with Crippen LogP contribution in [-0.4, -0.2) is 29.2 Å². The SMILES string of the molecule is C=C/C=C\C=C1/CC(=O)C(c2cccc(F)c2)=C(C(C)N=C(N)C(C(=N)N)=C(N)c2ccc(C(C)=N)c(N)c2)O1. The van der Waals surface area contributed by atoms with E-state index in [4.69, 9.17) is 38.5 Å². The fourth-order valence-electron chi connectivity index (χ4n) is 4.16. The summed E-state index contributed by atoms with van der Waals surface area (Å²) in [6.07, 6.45) is 6.53. The van der Waals surface area contributed by atoms with Crippen LogP contribution in [0.5, 0.6) is 0 Å². The van der Waals surface area contributed by atoms with E-state index in [1.54, 1.807) is 62.4 Å². The zero-order chi connectivity index (χ0) is 29.6. The molecule has 10 N–H and O–H groups in total. The van der Waals surface area contributed by atoms with Gasteiger partial charge in [0, 0.05) is 22.5 Å². The second kappa shape index (κ2) is 12.5. The first-order chi connectivity index (χ1) is 18.9. The van der Waals surface area contributed by atoms with E-state index in [-0.39, 0.29) is 46.4 Å². The van der Waals surface area contributed by atoms with Crippen molar-refractivity contribution in [2.24, 2.45) is 22.2 Å². The Morgan fingerprint density at radius 2 is 1.88 bits per heavy atom. The third-order valence-corrected chi connectivity index (χ3v) is 6.02. The number of carbonyl (C=O) groups is 1. The molecule has 0 saturated carbocycles. The highest BCUT2D eigenvalue weighted by molar-refractivity contribution is 6.26. The van der Waals surface area contributed by atoms with Gasteiger partial charge < -0.3 is 33.1 Å². The number of carbonyl (C=O) groups excluding carboxylic acids is 1. The third-order valence-electron chi connectivity index (χ3n) is 6.02. The van der Waals surface area contributed by atoms with Gasteiger partial charge in [0.25, 0.3) is 0 Å². The van der Waals surface area contributed by atoms with Gasteiger partial charge in [-0.05, 0) is 43.7 Å². The lowest BCUT2D eigenvalue weighted by Gasteiger charge is -2.25. The van der Waals surface area contributed by atoms with Crippen molar-refractivity contribution in [3.8, 4) is 0 Å². The Bertz CT molecular complexity index is 1550. The first kappa shape index (κ1) is 29.3. The largest absolute Gasteiger partial charge is 0.463 e. The predicted octanol–water partition coefficient (Wildman–Crippen LogP) is 4.17. The zero-order valence-electron chi connectivity index (χ0n) is 22.3. The molecule has 3 rings (SSSR count). The first-order valence-corrected chi connectivity index (χ1v) is 12.3. The average molecular weight is 542 g/mol. The minimum Gasteiger partial charge on any atom is -0.463 e. The molecule has 0 amide bonds. The van der Waals surface area contributed by atoms with Gasteiger partial charge in [0.05, 0.1) is 23.3 Å². The molecule has 40 heavy (non-hydrogen) atoms. The van der Waals surface area contributed by atoms with Crippen LogP contribution >= 0.6 is 0 Å². The Balaban J connectivity index is 2.14. The monoisotopic (exact) mass is 541 g/mol. The Labute approximate surface area is 232 Å². The number of ether oxygens (including phenoxy) is 1. The fourth-order valence-corrected chi connectivity index (χ4v) is 4.16. The van der Waals surface area contributed by atoms with Gasteiger partial charge in [-0.25, -0.2) is 4.39 Å². The molecule has 0 fully saturated rings. The lowest BCUT2D eigenvalue weighted by atomic mass is 9.93. The van der Waals surface area contributed by atoms with Crippen molar-refractivity contribution in [2.45, 2.75) is 26.3 Å². The summed E-state index contributed by atoms with van der Waals surface area (Å²) in [5, 5.41) is 15.9. The molecule has 0 radical (unpaired) electrons. The highest BCUT2D eigenvalue weighted by Crippen LogP contribution is 2.34. The maximum atomic E-state index is 14.1. The standard InChI is InChI=1S/C30H32FN7O2/c1-4-5-6-10-21-15-24(39)25(18-8-7-9-20(31)13-18)28(40-21)17(3)38-30(37)26(29(35)36)27(34)19-11-12-22(16(2)32)23(33)14-19/h4-14,17,32H,1,15,33-34H2,2-3H3,(H3,35,36)(H2,37,38)/b6-5-,21-10+,27-26?,32-16?. The fraction of sp³-hybridized carbons (Fsp3) is 0.133. The molecule has 1 aliphatic heterocycles. The van der Waals surface area contributed by atoms with Gasteiger partial charge in [-0.15, -0.1) is 0 Å². The van der Waals surface area contributed by atoms with E-state index in [1.165, 1.54) is 18.2 Å². The van der Waals surface area contributed by atoms with Gasteiger partial charge >= 0.3 is 0 Å². The van der Waals surface area contributed by atoms with E-state index >= 15 is 0 Å². The number of hydrogen-bond acceptors (Lipinski definition) is 7. The number of ketones is 1. The number of Topliss-reactive ketones (excluding diaryl/α,β-unsaturated/α-hetero) is 1. The lowest BCUT2D eigenvalue weighted by molar-refractivity contribution is -0.114. The molecule has 206 valence electrons. The number of benzene rings is 2. The van der Waals surface area contributed by atoms with E-state index < -0.39 is 17.7 Å². The Morgan fingerprint density at radius 3 is 2.48 bits per heavy atom. The number of nitrogens with one attached hydrogen (secondary N) is 2. The Hall–Kier alpha value is -5.25. The number of rotatable bonds is 9. The van der Waals surface area contributed by atoms with E-state index in [0.29, 0.717) is 28.1 Å². The van der Waals surface area contributed by atoms with E-state index in [0.717, 1.165) is 0 Å². The zero-order valence-corrected chi connectivity index (χ0v) is 22.3. The molecule has 1 aliphatic rings. The summed E-state index contributed by atoms with van der Waals surface area (Å²) >= 11 is 0. The van der Waals surface area contributed by atoms with Crippen LogP contribution in [0, 0.1) is 16.6 Å². The summed E-state index contributed by atoms with van der Waals surface area (Å²) in [4.78, 5) is 17.7. The molecule has 10 heteroatoms. The highest BCUT2D eigenvalue weighted by Gasteiger charge is 2.30. The van der Waals surface area contributed by atoms with Crippen molar-refractivity contribution in [3.05, 3.63) is 113 Å². The van der Waals surface area contributed by atoms with Crippen LogP contribution in [0.3, 0.4) is 0 Å². The van der Waals surface area contributed by atoms with Gasteiger partial charge in [0.2, 0.25) is 0 Å². The molecule has 1 unspecified atom stereocenters. The molecule has 0 aliphatic carbocycles. The summed E-state index contributed by atoms with van der Waals surface area (Å²) in [5.41, 5.74) is 26.7. The van der Waals surface area contributed by atoms with Crippen LogP contribution in [0.1, 0.15) is 37.0 Å². The number of nitrogens with zero attached hydrogens (tertiary/aromatic N) is 1. The van der Waals surface area contributed by atoms with Crippen molar-refractivity contribution < 1.29 is 13.9 Å². The normalized spacial score (nSPS) is 16.5. The second-order valence-electron chi connectivity index (χ2n) is 9.02. The third kappa shape index (κ3) is 6.60. The second-order valence-corrected chi connectivity index (χ2v) is 9.02. The Morgan fingerprint density at radius 1 is 1.15 bits per heavy atom. The average Bonchev–Trinajstić information content (AvgIpc) is 2.88. The maximum Gasteiger partial charge on any atom is 0.174 e. The van der Waals surface area contributed by atoms with Crippen LogP contribution in [0.2, 0.25) is 0 Å². The molecule has 2 aromatic carbocycles. The van der Waals surface area contributed by atoms with Crippen LogP contribution in [-0.2, 0) is 9.53 Å². The van der Waals surface area contributed by atoms with Gasteiger partial charge in [0.15, 0.2) is 5.78 Å². The number of halogens is 1. The smallest absolute Gasteiger partial charge is 0.174 e. The molecular weight excluding hydrogens is 509 g/mol. The minimum absolute atomic E-state index is 0.0368. The number of allylic oxidation sites excluding steroid dienone is 6. The minimum atomic E-state index is -0.857. The predicted molar refractivity (Wildman–Crippen MR) is 159 cm³/mol. The van der Waals surface area contributed by atoms with Crippen molar-refractivity contribution >= 4 is 40.1 Å². The van der Waals surface area contributed by atoms with Crippen LogP contribution in [0.25, 0.3) is 11.3 Å². The molecule has 0 aromatic heterocycles. The summed E-state index contributed by atoms with van der Waals surface area (Å²) in [7, 11) is 0. The molecule has 2 aromatic rings. The molecule has 9 nitrogen and oxygen atoms in total. The molecule has 0 saturated heterocycles. The van der Waals surface area contributed by atoms with Gasteiger partial charge in [0.1, 0.15) is 35.0 Å². The van der Waals surface area contributed by atoms with Gasteiger partial charge in [-0.1, -0.05) is 49.1 Å². The number of aliphatic imine (C=N–C) groups is 1. The molecule has 1 heterocycles. The van der Waals surface area contributed by atoms with Crippen molar-refractivity contribution in [1.29, 1.82) is 10.8 Å². The number of nitrogen functional groups attached to an aromatic ring is 1. The molecule has 1 atom stereocenters. The molecule has 0 spiro atoms. The lowest BCUT2D eigenvalue weighted by Crippen LogP contribution is -2.31. The number of hydrogen-bond donors (Lipinski definition) is 6. The number of amidine groups is 2.